The van der Waals surface area contributed by atoms with Gasteiger partial charge < -0.3 is 15.0 Å². The maximum atomic E-state index is 12.7. The van der Waals surface area contributed by atoms with Crippen molar-refractivity contribution in [2.75, 3.05) is 13.2 Å². The molecule has 0 bridgehead atoms. The largest absolute Gasteiger partial charge is 0.396 e. The molecule has 1 aliphatic heterocycles. The monoisotopic (exact) mass is 300 g/mol. The molecule has 0 aliphatic carbocycles. The van der Waals surface area contributed by atoms with Crippen LogP contribution in [0.4, 0.5) is 0 Å². The summed E-state index contributed by atoms with van der Waals surface area (Å²) in [7, 11) is 0. The zero-order valence-corrected chi connectivity index (χ0v) is 13.1. The molecule has 0 saturated carbocycles. The Balaban J connectivity index is 1.75. The number of benzene rings is 1. The molecule has 1 unspecified atom stereocenters. The average molecular weight is 300 g/mol. The first-order chi connectivity index (χ1) is 10.7. The molecule has 1 amide bonds. The van der Waals surface area contributed by atoms with Crippen molar-refractivity contribution in [3.63, 3.8) is 0 Å². The van der Waals surface area contributed by atoms with Gasteiger partial charge in [-0.1, -0.05) is 12.1 Å². The molecule has 22 heavy (non-hydrogen) atoms. The van der Waals surface area contributed by atoms with Gasteiger partial charge in [0.05, 0.1) is 6.42 Å². The van der Waals surface area contributed by atoms with Crippen LogP contribution in [0.5, 0.6) is 0 Å². The van der Waals surface area contributed by atoms with Gasteiger partial charge in [-0.05, 0) is 49.8 Å². The summed E-state index contributed by atoms with van der Waals surface area (Å²) in [4.78, 5) is 18.0. The molecule has 1 aromatic heterocycles. The van der Waals surface area contributed by atoms with Crippen molar-refractivity contribution in [3.8, 4) is 0 Å². The Morgan fingerprint density at radius 2 is 2.32 bits per heavy atom. The van der Waals surface area contributed by atoms with Crippen LogP contribution in [0.15, 0.2) is 24.4 Å². The van der Waals surface area contributed by atoms with Gasteiger partial charge in [0.2, 0.25) is 5.91 Å². The summed E-state index contributed by atoms with van der Waals surface area (Å²) in [6.07, 6.45) is 6.26. The molecule has 3 rings (SSSR count). The van der Waals surface area contributed by atoms with Gasteiger partial charge in [0.1, 0.15) is 0 Å². The van der Waals surface area contributed by atoms with E-state index >= 15 is 0 Å². The second kappa shape index (κ2) is 6.53. The molecule has 2 aromatic rings. The Bertz CT molecular complexity index is 662. The number of aliphatic hydroxyl groups is 1. The van der Waals surface area contributed by atoms with Crippen LogP contribution in [-0.2, 0) is 11.2 Å². The normalized spacial score (nSPS) is 18.3. The quantitative estimate of drug-likeness (QED) is 0.892. The van der Waals surface area contributed by atoms with E-state index in [1.807, 2.05) is 17.2 Å². The summed E-state index contributed by atoms with van der Waals surface area (Å²) in [5.74, 6) is 0.213. The molecule has 1 aliphatic rings. The second-order valence-electron chi connectivity index (χ2n) is 6.24. The van der Waals surface area contributed by atoms with Gasteiger partial charge in [-0.2, -0.15) is 0 Å². The highest BCUT2D eigenvalue weighted by atomic mass is 16.3. The number of likely N-dealkylation sites (tertiary alicyclic amines) is 1. The van der Waals surface area contributed by atoms with Gasteiger partial charge in [0.25, 0.3) is 0 Å². The van der Waals surface area contributed by atoms with Crippen LogP contribution < -0.4 is 0 Å². The number of carbonyl (C=O) groups excluding carboxylic acids is 1. The summed E-state index contributed by atoms with van der Waals surface area (Å²) >= 11 is 0. The highest BCUT2D eigenvalue weighted by molar-refractivity contribution is 5.91. The van der Waals surface area contributed by atoms with E-state index in [0.717, 1.165) is 43.3 Å². The number of aromatic amines is 1. The summed E-state index contributed by atoms with van der Waals surface area (Å²) in [5, 5.41) is 10.2. The molecule has 4 nitrogen and oxygen atoms in total. The molecule has 118 valence electrons. The summed E-state index contributed by atoms with van der Waals surface area (Å²) in [6, 6.07) is 6.48. The topological polar surface area (TPSA) is 56.3 Å². The van der Waals surface area contributed by atoms with E-state index in [2.05, 4.69) is 24.0 Å². The van der Waals surface area contributed by atoms with Crippen molar-refractivity contribution in [2.45, 2.75) is 45.1 Å². The minimum absolute atomic E-state index is 0.209. The molecular weight excluding hydrogens is 276 g/mol. The van der Waals surface area contributed by atoms with E-state index in [1.54, 1.807) is 0 Å². The Morgan fingerprint density at radius 3 is 3.14 bits per heavy atom. The molecule has 2 N–H and O–H groups in total. The number of rotatable bonds is 5. The standard InChI is InChI=1S/C18H24N2O2/c1-13-5-2-8-16-18(13)14(12-19-16)11-17(22)20-9-3-6-15(20)7-4-10-21/h2,5,8,12,15,19,21H,3-4,6-7,9-11H2,1H3. The number of carbonyl (C=O) groups is 1. The van der Waals surface area contributed by atoms with Crippen molar-refractivity contribution >= 4 is 16.8 Å². The number of aliphatic hydroxyl groups excluding tert-OH is 1. The number of amides is 1. The Hall–Kier alpha value is -1.81. The van der Waals surface area contributed by atoms with E-state index in [-0.39, 0.29) is 12.5 Å². The molecule has 1 fully saturated rings. The van der Waals surface area contributed by atoms with Crippen LogP contribution in [-0.4, -0.2) is 40.1 Å². The first-order valence-corrected chi connectivity index (χ1v) is 8.16. The third-order valence-electron chi connectivity index (χ3n) is 4.73. The minimum atomic E-state index is 0.209. The summed E-state index contributed by atoms with van der Waals surface area (Å²) in [6.45, 7) is 3.15. The maximum absolute atomic E-state index is 12.7. The SMILES string of the molecule is Cc1cccc2[nH]cc(CC(=O)N3CCCC3CCCO)c12. The van der Waals surface area contributed by atoms with Crippen LogP contribution >= 0.6 is 0 Å². The van der Waals surface area contributed by atoms with E-state index in [4.69, 9.17) is 5.11 Å². The van der Waals surface area contributed by atoms with Crippen molar-refractivity contribution in [1.29, 1.82) is 0 Å². The van der Waals surface area contributed by atoms with Gasteiger partial charge in [0, 0.05) is 36.3 Å². The zero-order valence-electron chi connectivity index (χ0n) is 13.1. The van der Waals surface area contributed by atoms with E-state index in [1.165, 1.54) is 10.9 Å². The van der Waals surface area contributed by atoms with Crippen LogP contribution in [0.1, 0.15) is 36.8 Å². The van der Waals surface area contributed by atoms with E-state index < -0.39 is 0 Å². The molecule has 1 atom stereocenters. The lowest BCUT2D eigenvalue weighted by Crippen LogP contribution is -2.36. The number of hydrogen-bond acceptors (Lipinski definition) is 2. The number of aryl methyl sites for hydroxylation is 1. The van der Waals surface area contributed by atoms with Crippen LogP contribution in [0.3, 0.4) is 0 Å². The predicted molar refractivity (Wildman–Crippen MR) is 87.8 cm³/mol. The van der Waals surface area contributed by atoms with Crippen LogP contribution in [0.2, 0.25) is 0 Å². The highest BCUT2D eigenvalue weighted by Gasteiger charge is 2.28. The lowest BCUT2D eigenvalue weighted by atomic mass is 10.0. The Morgan fingerprint density at radius 1 is 1.45 bits per heavy atom. The van der Waals surface area contributed by atoms with Crippen molar-refractivity contribution in [1.82, 2.24) is 9.88 Å². The molecule has 0 spiro atoms. The van der Waals surface area contributed by atoms with Gasteiger partial charge in [-0.3, -0.25) is 4.79 Å². The zero-order chi connectivity index (χ0) is 15.5. The fourth-order valence-corrected chi connectivity index (χ4v) is 3.65. The van der Waals surface area contributed by atoms with Gasteiger partial charge >= 0.3 is 0 Å². The summed E-state index contributed by atoms with van der Waals surface area (Å²) in [5.41, 5.74) is 3.40. The predicted octanol–water partition coefficient (Wildman–Crippen LogP) is 2.78. The molecular formula is C18H24N2O2. The molecule has 1 saturated heterocycles. The fraction of sp³-hybridized carbons (Fsp3) is 0.500. The maximum Gasteiger partial charge on any atom is 0.227 e. The van der Waals surface area contributed by atoms with Crippen molar-refractivity contribution in [2.24, 2.45) is 0 Å². The fourth-order valence-electron chi connectivity index (χ4n) is 3.65. The van der Waals surface area contributed by atoms with Crippen LogP contribution in [0.25, 0.3) is 10.9 Å². The third kappa shape index (κ3) is 2.88. The number of aromatic nitrogens is 1. The second-order valence-corrected chi connectivity index (χ2v) is 6.24. The minimum Gasteiger partial charge on any atom is -0.396 e. The first-order valence-electron chi connectivity index (χ1n) is 8.16. The van der Waals surface area contributed by atoms with Crippen molar-refractivity contribution in [3.05, 3.63) is 35.5 Å². The van der Waals surface area contributed by atoms with Gasteiger partial charge in [-0.25, -0.2) is 0 Å². The molecule has 1 aromatic carbocycles. The third-order valence-corrected chi connectivity index (χ3v) is 4.73. The molecule has 4 heteroatoms. The van der Waals surface area contributed by atoms with Gasteiger partial charge in [0.15, 0.2) is 0 Å². The number of fused-ring (bicyclic) bond motifs is 1. The lowest BCUT2D eigenvalue weighted by molar-refractivity contribution is -0.131. The molecule has 0 radical (unpaired) electrons. The average Bonchev–Trinajstić information content (AvgIpc) is 3.13. The summed E-state index contributed by atoms with van der Waals surface area (Å²) < 4.78 is 0. The Labute approximate surface area is 131 Å². The van der Waals surface area contributed by atoms with Gasteiger partial charge in [-0.15, -0.1) is 0 Å². The van der Waals surface area contributed by atoms with E-state index in [0.29, 0.717) is 12.5 Å². The number of nitrogens with zero attached hydrogens (tertiary/aromatic N) is 1. The Kier molecular flexibility index (Phi) is 4.48. The lowest BCUT2D eigenvalue weighted by Gasteiger charge is -2.24. The number of hydrogen-bond donors (Lipinski definition) is 2. The molecule has 2 heterocycles. The van der Waals surface area contributed by atoms with E-state index in [9.17, 15) is 4.79 Å². The first kappa shape index (κ1) is 15.1. The van der Waals surface area contributed by atoms with Crippen LogP contribution in [0, 0.1) is 6.92 Å². The smallest absolute Gasteiger partial charge is 0.227 e. The highest BCUT2D eigenvalue weighted by Crippen LogP contribution is 2.26. The van der Waals surface area contributed by atoms with Crippen molar-refractivity contribution < 1.29 is 9.90 Å². The number of H-pyrrole nitrogens is 1. The number of nitrogens with one attached hydrogen (secondary N) is 1.